The van der Waals surface area contributed by atoms with Crippen LogP contribution in [0.4, 0.5) is 21.2 Å². The van der Waals surface area contributed by atoms with Gasteiger partial charge in [0.1, 0.15) is 28.3 Å². The highest BCUT2D eigenvalue weighted by atomic mass is 32.1. The molecular weight excluding hydrogens is 569 g/mol. The van der Waals surface area contributed by atoms with Crippen molar-refractivity contribution in [3.8, 4) is 17.3 Å². The number of piperazine rings is 1. The van der Waals surface area contributed by atoms with Gasteiger partial charge in [0.2, 0.25) is 5.91 Å². The SMILES string of the molecule is CCc1nc2c(C)cc(N3C[C@H]4CC3CN4CC(=O)N3CC(O)C3)nn2c1N(C)c1nc(-c2ccc(F)cc2)c(C#N)s1. The number of fused-ring (bicyclic) bond motifs is 3. The van der Waals surface area contributed by atoms with Crippen LogP contribution in [-0.4, -0.2) is 98.4 Å². The smallest absolute Gasteiger partial charge is 0.236 e. The summed E-state index contributed by atoms with van der Waals surface area (Å²) in [6, 6.07) is 10.9. The van der Waals surface area contributed by atoms with E-state index in [0.29, 0.717) is 47.3 Å². The van der Waals surface area contributed by atoms with Gasteiger partial charge >= 0.3 is 0 Å². The molecule has 1 aromatic carbocycles. The van der Waals surface area contributed by atoms with E-state index in [1.165, 1.54) is 23.5 Å². The Morgan fingerprint density at radius 2 is 1.95 bits per heavy atom. The number of amides is 1. The number of aliphatic hydroxyl groups excluding tert-OH is 1. The van der Waals surface area contributed by atoms with E-state index in [4.69, 9.17) is 15.1 Å². The number of imidazole rings is 1. The molecule has 0 saturated carbocycles. The number of nitriles is 1. The normalized spacial score (nSPS) is 20.2. The van der Waals surface area contributed by atoms with Gasteiger partial charge in [0.25, 0.3) is 0 Å². The van der Waals surface area contributed by atoms with E-state index in [1.54, 1.807) is 17.0 Å². The minimum Gasteiger partial charge on any atom is -0.389 e. The molecule has 1 amide bonds. The maximum absolute atomic E-state index is 13.6. The quantitative estimate of drug-likeness (QED) is 0.341. The van der Waals surface area contributed by atoms with Gasteiger partial charge in [-0.05, 0) is 55.7 Å². The number of hydrogen-bond donors (Lipinski definition) is 1. The maximum atomic E-state index is 13.6. The predicted molar refractivity (Wildman–Crippen MR) is 161 cm³/mol. The molecule has 7 rings (SSSR count). The summed E-state index contributed by atoms with van der Waals surface area (Å²) in [5.74, 6) is 1.40. The predicted octanol–water partition coefficient (Wildman–Crippen LogP) is 2.97. The third kappa shape index (κ3) is 4.70. The van der Waals surface area contributed by atoms with Gasteiger partial charge in [-0.15, -0.1) is 5.10 Å². The molecule has 0 aliphatic carbocycles. The van der Waals surface area contributed by atoms with Gasteiger partial charge in [0.05, 0.1) is 18.3 Å². The molecule has 3 fully saturated rings. The minimum absolute atomic E-state index is 0.0855. The van der Waals surface area contributed by atoms with Crippen molar-refractivity contribution >= 4 is 39.7 Å². The van der Waals surface area contributed by atoms with Crippen molar-refractivity contribution in [3.63, 3.8) is 0 Å². The van der Waals surface area contributed by atoms with Crippen molar-refractivity contribution < 1.29 is 14.3 Å². The molecule has 2 bridgehead atoms. The van der Waals surface area contributed by atoms with Crippen LogP contribution in [0.15, 0.2) is 30.3 Å². The van der Waals surface area contributed by atoms with Crippen molar-refractivity contribution in [3.05, 3.63) is 52.3 Å². The zero-order valence-corrected chi connectivity index (χ0v) is 25.1. The first-order valence-electron chi connectivity index (χ1n) is 14.5. The van der Waals surface area contributed by atoms with Crippen LogP contribution in [0.2, 0.25) is 0 Å². The molecule has 0 radical (unpaired) electrons. The van der Waals surface area contributed by atoms with Gasteiger partial charge in [-0.1, -0.05) is 18.3 Å². The fourth-order valence-electron chi connectivity index (χ4n) is 6.48. The van der Waals surface area contributed by atoms with Crippen molar-refractivity contribution in [1.82, 2.24) is 29.4 Å². The highest BCUT2D eigenvalue weighted by molar-refractivity contribution is 7.16. The number of likely N-dealkylation sites (tertiary alicyclic amines) is 2. The second-order valence-electron chi connectivity index (χ2n) is 11.6. The first kappa shape index (κ1) is 27.7. The average molecular weight is 602 g/mol. The van der Waals surface area contributed by atoms with Gasteiger partial charge < -0.3 is 19.8 Å². The van der Waals surface area contributed by atoms with E-state index in [2.05, 4.69) is 28.9 Å². The summed E-state index contributed by atoms with van der Waals surface area (Å²) in [5.41, 5.74) is 3.85. The van der Waals surface area contributed by atoms with Crippen LogP contribution in [-0.2, 0) is 11.2 Å². The van der Waals surface area contributed by atoms with E-state index in [-0.39, 0.29) is 29.9 Å². The highest BCUT2D eigenvalue weighted by Gasteiger charge is 2.45. The molecular formula is C30H32FN9O2S. The second-order valence-corrected chi connectivity index (χ2v) is 12.6. The molecule has 11 nitrogen and oxygen atoms in total. The molecule has 1 N–H and O–H groups in total. The molecule has 3 aliphatic heterocycles. The number of halogens is 1. The zero-order valence-electron chi connectivity index (χ0n) is 24.2. The number of rotatable bonds is 7. The zero-order chi connectivity index (χ0) is 30.0. The fourth-order valence-corrected chi connectivity index (χ4v) is 7.33. The van der Waals surface area contributed by atoms with E-state index in [0.717, 1.165) is 48.1 Å². The standard InChI is InChI=1S/C30H32FN9O2S/c1-4-23-29(36(3)30-34-27(24(11-32)43-30)18-5-7-19(31)8-6-18)40-28(33-23)17(2)9-25(35-40)39-13-20-10-21(39)12-37(20)16-26(42)38-14-22(41)15-38/h5-9,20-22,41H,4,10,12-16H2,1-3H3/t20-,21?/m1/s1. The first-order valence-corrected chi connectivity index (χ1v) is 15.3. The Hall–Kier alpha value is -4.12. The summed E-state index contributed by atoms with van der Waals surface area (Å²) in [4.78, 5) is 31.1. The molecule has 6 heterocycles. The summed E-state index contributed by atoms with van der Waals surface area (Å²) < 4.78 is 15.4. The summed E-state index contributed by atoms with van der Waals surface area (Å²) in [6.07, 6.45) is 1.28. The molecule has 222 valence electrons. The van der Waals surface area contributed by atoms with Crippen molar-refractivity contribution in [2.75, 3.05) is 49.6 Å². The third-order valence-corrected chi connectivity index (χ3v) is 9.81. The Labute approximate surface area is 252 Å². The minimum atomic E-state index is -0.389. The molecule has 3 saturated heterocycles. The number of aliphatic hydroxyl groups is 1. The molecule has 1 unspecified atom stereocenters. The number of nitrogens with zero attached hydrogens (tertiary/aromatic N) is 9. The summed E-state index contributed by atoms with van der Waals surface area (Å²) >= 11 is 1.28. The van der Waals surface area contributed by atoms with Crippen molar-refractivity contribution in [2.45, 2.75) is 44.9 Å². The maximum Gasteiger partial charge on any atom is 0.236 e. The Morgan fingerprint density at radius 1 is 1.19 bits per heavy atom. The summed E-state index contributed by atoms with van der Waals surface area (Å²) in [6.45, 7) is 6.94. The van der Waals surface area contributed by atoms with Crippen LogP contribution in [0, 0.1) is 24.1 Å². The molecule has 3 aromatic heterocycles. The van der Waals surface area contributed by atoms with Crippen LogP contribution >= 0.6 is 11.3 Å². The lowest BCUT2D eigenvalue weighted by Gasteiger charge is -2.39. The summed E-state index contributed by atoms with van der Waals surface area (Å²) in [7, 11) is 1.91. The topological polar surface area (TPSA) is 117 Å². The average Bonchev–Trinajstić information content (AvgIpc) is 3.77. The molecule has 3 aliphatic rings. The van der Waals surface area contributed by atoms with Crippen LogP contribution in [0.3, 0.4) is 0 Å². The number of hydrogen-bond acceptors (Lipinski definition) is 10. The number of anilines is 3. The van der Waals surface area contributed by atoms with E-state index in [1.807, 2.05) is 23.4 Å². The largest absolute Gasteiger partial charge is 0.389 e. The van der Waals surface area contributed by atoms with Crippen molar-refractivity contribution in [1.29, 1.82) is 5.26 Å². The lowest BCUT2D eigenvalue weighted by Crippen LogP contribution is -2.57. The number of benzene rings is 1. The number of aromatic nitrogens is 4. The Bertz CT molecular complexity index is 1760. The fraction of sp³-hybridized carbons (Fsp3) is 0.433. The summed E-state index contributed by atoms with van der Waals surface area (Å²) in [5, 5.41) is 25.1. The first-order chi connectivity index (χ1) is 20.7. The second kappa shape index (κ2) is 10.6. The van der Waals surface area contributed by atoms with E-state index >= 15 is 0 Å². The van der Waals surface area contributed by atoms with Crippen LogP contribution < -0.4 is 9.80 Å². The molecule has 2 atom stereocenters. The lowest BCUT2D eigenvalue weighted by molar-refractivity contribution is -0.142. The number of carbonyl (C=O) groups excluding carboxylic acids is 1. The lowest BCUT2D eigenvalue weighted by atomic mass is 10.1. The van der Waals surface area contributed by atoms with E-state index < -0.39 is 0 Å². The van der Waals surface area contributed by atoms with E-state index in [9.17, 15) is 19.6 Å². The van der Waals surface area contributed by atoms with Gasteiger partial charge in [0.15, 0.2) is 16.6 Å². The van der Waals surface area contributed by atoms with Crippen molar-refractivity contribution in [2.24, 2.45) is 0 Å². The Kier molecular flexibility index (Phi) is 6.80. The number of carbonyl (C=O) groups is 1. The third-order valence-electron chi connectivity index (χ3n) is 8.78. The van der Waals surface area contributed by atoms with Gasteiger partial charge in [0, 0.05) is 50.9 Å². The molecule has 43 heavy (non-hydrogen) atoms. The van der Waals surface area contributed by atoms with Gasteiger partial charge in [-0.3, -0.25) is 9.69 Å². The number of thiazole rings is 1. The van der Waals surface area contributed by atoms with Crippen LogP contribution in [0.1, 0.15) is 29.5 Å². The molecule has 13 heteroatoms. The Morgan fingerprint density at radius 3 is 2.60 bits per heavy atom. The Balaban J connectivity index is 1.18. The highest BCUT2D eigenvalue weighted by Crippen LogP contribution is 2.38. The van der Waals surface area contributed by atoms with Gasteiger partial charge in [-0.2, -0.15) is 9.78 Å². The monoisotopic (exact) mass is 601 g/mol. The molecule has 4 aromatic rings. The van der Waals surface area contributed by atoms with Crippen LogP contribution in [0.25, 0.3) is 16.9 Å². The number of β-amino-alcohol motifs (C(OH)–C–C–N with tert-alkyl or cyclic N) is 1. The molecule has 0 spiro atoms. The van der Waals surface area contributed by atoms with Crippen LogP contribution in [0.5, 0.6) is 0 Å². The van der Waals surface area contributed by atoms with Gasteiger partial charge in [-0.25, -0.2) is 14.4 Å². The number of aryl methyl sites for hydroxylation is 2.